The maximum absolute atomic E-state index is 9.63. The Morgan fingerprint density at radius 3 is 2.58 bits per heavy atom. The molecule has 1 rings (SSSR count). The van der Waals surface area contributed by atoms with E-state index in [0.29, 0.717) is 0 Å². The zero-order chi connectivity index (χ0) is 9.35. The molecular weight excluding hydrogens is 160 g/mol. The molecule has 0 aliphatic heterocycles. The number of aliphatic hydroxyl groups is 3. The van der Waals surface area contributed by atoms with Crippen molar-refractivity contribution in [1.82, 2.24) is 0 Å². The van der Waals surface area contributed by atoms with Crippen LogP contribution < -0.4 is 0 Å². The first-order valence-corrected chi connectivity index (χ1v) is 3.59. The molecule has 1 aliphatic rings. The van der Waals surface area contributed by atoms with Gasteiger partial charge in [0, 0.05) is 19.3 Å². The molecule has 0 saturated heterocycles. The van der Waals surface area contributed by atoms with Gasteiger partial charge in [-0.3, -0.25) is 0 Å². The Morgan fingerprint density at radius 2 is 2.08 bits per heavy atom. The second kappa shape index (κ2) is 2.80. The van der Waals surface area contributed by atoms with Crippen LogP contribution in [-0.2, 0) is 4.74 Å². The van der Waals surface area contributed by atoms with Crippen LogP contribution in [0.1, 0.15) is 6.92 Å². The van der Waals surface area contributed by atoms with E-state index in [9.17, 15) is 10.2 Å². The number of allylic oxidation sites excluding steroid dienone is 1. The van der Waals surface area contributed by atoms with Crippen molar-refractivity contribution in [2.45, 2.75) is 12.7 Å². The van der Waals surface area contributed by atoms with Gasteiger partial charge in [-0.25, -0.2) is 0 Å². The molecule has 0 spiro atoms. The van der Waals surface area contributed by atoms with Crippen LogP contribution in [0, 0.1) is 5.92 Å². The minimum absolute atomic E-state index is 0.0978. The quantitative estimate of drug-likeness (QED) is 0.513. The number of aliphatic hydroxyl groups excluding tert-OH is 2. The van der Waals surface area contributed by atoms with Crippen LogP contribution in [0.2, 0.25) is 0 Å². The lowest BCUT2D eigenvalue weighted by Gasteiger charge is -2.31. The number of methoxy groups -OCH3 is 1. The lowest BCUT2D eigenvalue weighted by atomic mass is 9.93. The Balaban J connectivity index is 3.01. The van der Waals surface area contributed by atoms with Crippen LogP contribution in [0.3, 0.4) is 0 Å². The molecule has 0 fully saturated rings. The van der Waals surface area contributed by atoms with Crippen LogP contribution in [0.4, 0.5) is 0 Å². The van der Waals surface area contributed by atoms with E-state index in [1.807, 2.05) is 0 Å². The summed E-state index contributed by atoms with van der Waals surface area (Å²) in [6.45, 7) is 1.60. The number of hydrogen-bond donors (Lipinski definition) is 3. The third-order valence-electron chi connectivity index (χ3n) is 2.04. The van der Waals surface area contributed by atoms with E-state index in [-0.39, 0.29) is 11.5 Å². The Bertz CT molecular complexity index is 243. The van der Waals surface area contributed by atoms with Crippen molar-refractivity contribution >= 4 is 0 Å². The molecule has 0 saturated carbocycles. The van der Waals surface area contributed by atoms with Crippen LogP contribution in [0.25, 0.3) is 0 Å². The van der Waals surface area contributed by atoms with Crippen molar-refractivity contribution in [3.63, 3.8) is 0 Å². The highest BCUT2D eigenvalue weighted by Gasteiger charge is 2.37. The van der Waals surface area contributed by atoms with Gasteiger partial charge in [-0.1, -0.05) is 0 Å². The minimum atomic E-state index is -1.61. The largest absolute Gasteiger partial charge is 0.512 e. The number of ether oxygens (including phenoxy) is 1. The van der Waals surface area contributed by atoms with E-state index in [1.165, 1.54) is 13.2 Å². The monoisotopic (exact) mass is 172 g/mol. The van der Waals surface area contributed by atoms with Gasteiger partial charge >= 0.3 is 0 Å². The molecule has 3 N–H and O–H groups in total. The molecule has 0 radical (unpaired) electrons. The Kier molecular flexibility index (Phi) is 2.12. The molecule has 4 nitrogen and oxygen atoms in total. The molecule has 2 unspecified atom stereocenters. The first-order chi connectivity index (χ1) is 5.49. The van der Waals surface area contributed by atoms with Gasteiger partial charge in [0.1, 0.15) is 11.5 Å². The molecule has 12 heavy (non-hydrogen) atoms. The summed E-state index contributed by atoms with van der Waals surface area (Å²) >= 11 is 0. The summed E-state index contributed by atoms with van der Waals surface area (Å²) in [4.78, 5) is 0. The highest BCUT2D eigenvalue weighted by atomic mass is 16.6. The average Bonchev–Trinajstić information content (AvgIpc) is 2.00. The summed E-state index contributed by atoms with van der Waals surface area (Å²) in [5.74, 6) is -2.48. The molecule has 0 aromatic carbocycles. The molecule has 0 bridgehead atoms. The van der Waals surface area contributed by atoms with Crippen molar-refractivity contribution in [2.24, 2.45) is 5.92 Å². The Morgan fingerprint density at radius 1 is 1.50 bits per heavy atom. The lowest BCUT2D eigenvalue weighted by molar-refractivity contribution is -0.179. The third-order valence-corrected chi connectivity index (χ3v) is 2.04. The topological polar surface area (TPSA) is 69.9 Å². The summed E-state index contributed by atoms with van der Waals surface area (Å²) in [6.07, 6.45) is 2.33. The van der Waals surface area contributed by atoms with E-state index in [2.05, 4.69) is 0 Å². The third kappa shape index (κ3) is 1.31. The summed E-state index contributed by atoms with van der Waals surface area (Å²) in [5.41, 5.74) is 0. The number of rotatable bonds is 1. The fourth-order valence-electron chi connectivity index (χ4n) is 1.10. The molecule has 0 heterocycles. The van der Waals surface area contributed by atoms with Gasteiger partial charge in [-0.2, -0.15) is 0 Å². The maximum atomic E-state index is 9.63. The maximum Gasteiger partial charge on any atom is 0.198 e. The van der Waals surface area contributed by atoms with Gasteiger partial charge in [0.25, 0.3) is 0 Å². The molecule has 2 atom stereocenters. The van der Waals surface area contributed by atoms with Crippen molar-refractivity contribution < 1.29 is 20.1 Å². The summed E-state index contributed by atoms with van der Waals surface area (Å²) < 4.78 is 4.75. The zero-order valence-electron chi connectivity index (χ0n) is 6.98. The van der Waals surface area contributed by atoms with Gasteiger partial charge in [-0.15, -0.1) is 0 Å². The second-order valence-corrected chi connectivity index (χ2v) is 2.82. The van der Waals surface area contributed by atoms with E-state index < -0.39 is 11.7 Å². The van der Waals surface area contributed by atoms with Crippen LogP contribution in [0.15, 0.2) is 23.7 Å². The zero-order valence-corrected chi connectivity index (χ0v) is 6.98. The average molecular weight is 172 g/mol. The fourth-order valence-corrected chi connectivity index (χ4v) is 1.10. The van der Waals surface area contributed by atoms with E-state index in [0.717, 1.165) is 6.08 Å². The molecule has 1 aliphatic carbocycles. The van der Waals surface area contributed by atoms with E-state index >= 15 is 0 Å². The minimum Gasteiger partial charge on any atom is -0.512 e. The Labute approximate surface area is 70.4 Å². The van der Waals surface area contributed by atoms with Gasteiger partial charge in [0.05, 0.1) is 5.92 Å². The Hall–Kier alpha value is -1.00. The first-order valence-electron chi connectivity index (χ1n) is 3.59. The molecule has 68 valence electrons. The fraction of sp³-hybridized carbons (Fsp3) is 0.500. The van der Waals surface area contributed by atoms with Crippen molar-refractivity contribution in [1.29, 1.82) is 0 Å². The highest BCUT2D eigenvalue weighted by molar-refractivity contribution is 5.25. The number of hydrogen-bond acceptors (Lipinski definition) is 4. The van der Waals surface area contributed by atoms with E-state index in [1.54, 1.807) is 6.92 Å². The van der Waals surface area contributed by atoms with Crippen molar-refractivity contribution in [2.75, 3.05) is 7.11 Å². The first kappa shape index (κ1) is 9.09. The normalized spacial score (nSPS) is 35.8. The molecule has 0 aromatic heterocycles. The van der Waals surface area contributed by atoms with Crippen molar-refractivity contribution in [3.8, 4) is 0 Å². The van der Waals surface area contributed by atoms with Crippen LogP contribution in [0.5, 0.6) is 0 Å². The van der Waals surface area contributed by atoms with Crippen LogP contribution >= 0.6 is 0 Å². The van der Waals surface area contributed by atoms with Gasteiger partial charge in [0.2, 0.25) is 0 Å². The molecule has 4 heteroatoms. The highest BCUT2D eigenvalue weighted by Crippen LogP contribution is 2.30. The second-order valence-electron chi connectivity index (χ2n) is 2.82. The van der Waals surface area contributed by atoms with Crippen molar-refractivity contribution in [3.05, 3.63) is 23.7 Å². The molecule has 0 amide bonds. The van der Waals surface area contributed by atoms with Gasteiger partial charge in [-0.05, 0) is 6.92 Å². The summed E-state index contributed by atoms with van der Waals surface area (Å²) in [6, 6.07) is 0. The summed E-state index contributed by atoms with van der Waals surface area (Å²) in [5, 5.41) is 27.9. The molecular formula is C8H12O4. The predicted molar refractivity (Wildman–Crippen MR) is 42.5 cm³/mol. The van der Waals surface area contributed by atoms with Crippen LogP contribution in [-0.4, -0.2) is 28.2 Å². The van der Waals surface area contributed by atoms with E-state index in [4.69, 9.17) is 9.84 Å². The molecule has 0 aromatic rings. The predicted octanol–water partition coefficient (Wildman–Crippen LogP) is 0.855. The van der Waals surface area contributed by atoms with Gasteiger partial charge < -0.3 is 20.1 Å². The summed E-state index contributed by atoms with van der Waals surface area (Å²) in [7, 11) is 1.30. The van der Waals surface area contributed by atoms with Gasteiger partial charge in [0.15, 0.2) is 5.79 Å². The standard InChI is InChI=1S/C8H12O4/c1-5-7(10)3-6(9)4-8(5,11)12-2/h3-5,9-11H,1-2H3. The smallest absolute Gasteiger partial charge is 0.198 e. The lowest BCUT2D eigenvalue weighted by Crippen LogP contribution is -2.39. The SMILES string of the molecule is COC1(O)C=C(O)C=C(O)C1C.